The molecule has 1 aromatic heterocycles. The number of Topliss-reactive ketones (excluding diaryl/α,β-unsaturated/α-hetero) is 1. The van der Waals surface area contributed by atoms with E-state index in [0.29, 0.717) is 23.5 Å². The normalized spacial score (nSPS) is 18.7. The van der Waals surface area contributed by atoms with Gasteiger partial charge < -0.3 is 9.73 Å². The van der Waals surface area contributed by atoms with Gasteiger partial charge in [0.2, 0.25) is 0 Å². The molecule has 2 heterocycles. The number of nitrogens with zero attached hydrogens (tertiary/aromatic N) is 1. The van der Waals surface area contributed by atoms with Crippen molar-refractivity contribution in [1.29, 1.82) is 0 Å². The second-order valence-corrected chi connectivity index (χ2v) is 10.1. The van der Waals surface area contributed by atoms with Crippen molar-refractivity contribution in [3.63, 3.8) is 0 Å². The lowest BCUT2D eigenvalue weighted by Crippen LogP contribution is -2.32. The summed E-state index contributed by atoms with van der Waals surface area (Å²) in [5.74, 6) is 1.40. The minimum Gasteiger partial charge on any atom is -0.459 e. The van der Waals surface area contributed by atoms with E-state index >= 15 is 0 Å². The third-order valence-corrected chi connectivity index (χ3v) is 6.99. The van der Waals surface area contributed by atoms with Crippen LogP contribution in [0, 0.1) is 15.5 Å². The molecule has 0 amide bonds. The zero-order valence-corrected chi connectivity index (χ0v) is 19.5. The van der Waals surface area contributed by atoms with Gasteiger partial charge in [0.25, 0.3) is 5.69 Å². The SMILES string of the molecule is CC1(C)CC(=O)C2=C(C1)[C@@H](c1ccc(-c3cccc([N+](=O)[O-])c3)o1)Nc1ccc3ccccc3c12. The highest BCUT2D eigenvalue weighted by molar-refractivity contribution is 6.28. The highest BCUT2D eigenvalue weighted by atomic mass is 16.6. The fraction of sp³-hybridized carbons (Fsp3) is 0.207. The number of furan rings is 1. The van der Waals surface area contributed by atoms with Gasteiger partial charge in [0.05, 0.1) is 4.92 Å². The Morgan fingerprint density at radius 1 is 1.00 bits per heavy atom. The Balaban J connectivity index is 1.50. The minimum atomic E-state index is -0.413. The first-order chi connectivity index (χ1) is 16.8. The number of nitrogens with one attached hydrogen (secondary N) is 1. The molecule has 1 N–H and O–H groups in total. The van der Waals surface area contributed by atoms with Crippen molar-refractivity contribution in [3.05, 3.63) is 99.8 Å². The van der Waals surface area contributed by atoms with E-state index < -0.39 is 4.92 Å². The van der Waals surface area contributed by atoms with Crippen LogP contribution in [0.5, 0.6) is 0 Å². The molecule has 0 saturated carbocycles. The van der Waals surface area contributed by atoms with Crippen molar-refractivity contribution >= 4 is 33.5 Å². The average Bonchev–Trinajstić information content (AvgIpc) is 3.32. The molecule has 1 atom stereocenters. The van der Waals surface area contributed by atoms with Gasteiger partial charge in [-0.3, -0.25) is 14.9 Å². The number of rotatable bonds is 3. The van der Waals surface area contributed by atoms with Crippen molar-refractivity contribution in [2.24, 2.45) is 5.41 Å². The van der Waals surface area contributed by atoms with Crippen LogP contribution < -0.4 is 5.32 Å². The van der Waals surface area contributed by atoms with Gasteiger partial charge in [0.1, 0.15) is 17.6 Å². The number of carbonyl (C=O) groups is 1. The molecule has 6 rings (SSSR count). The van der Waals surface area contributed by atoms with E-state index in [0.717, 1.165) is 39.6 Å². The Labute approximate surface area is 202 Å². The lowest BCUT2D eigenvalue weighted by Gasteiger charge is -2.39. The molecular formula is C29H24N2O4. The zero-order valence-electron chi connectivity index (χ0n) is 19.5. The monoisotopic (exact) mass is 464 g/mol. The van der Waals surface area contributed by atoms with Crippen LogP contribution >= 0.6 is 0 Å². The minimum absolute atomic E-state index is 0.0154. The molecule has 3 aromatic carbocycles. The fourth-order valence-electron chi connectivity index (χ4n) is 5.50. The number of allylic oxidation sites excluding steroid dienone is 1. The van der Waals surface area contributed by atoms with Crippen LogP contribution in [0.3, 0.4) is 0 Å². The third kappa shape index (κ3) is 3.53. The molecule has 174 valence electrons. The zero-order chi connectivity index (χ0) is 24.3. The maximum atomic E-state index is 13.6. The van der Waals surface area contributed by atoms with Crippen LogP contribution in [-0.4, -0.2) is 10.7 Å². The number of hydrogen-bond acceptors (Lipinski definition) is 5. The van der Waals surface area contributed by atoms with Crippen LogP contribution in [-0.2, 0) is 4.79 Å². The highest BCUT2D eigenvalue weighted by Crippen LogP contribution is 2.52. The van der Waals surface area contributed by atoms with E-state index in [4.69, 9.17) is 4.42 Å². The van der Waals surface area contributed by atoms with Gasteiger partial charge in [-0.15, -0.1) is 0 Å². The summed E-state index contributed by atoms with van der Waals surface area (Å²) < 4.78 is 6.27. The van der Waals surface area contributed by atoms with Crippen LogP contribution in [0.1, 0.15) is 44.1 Å². The summed E-state index contributed by atoms with van der Waals surface area (Å²) in [5.41, 5.74) is 4.22. The van der Waals surface area contributed by atoms with Crippen molar-refractivity contribution in [2.45, 2.75) is 32.7 Å². The van der Waals surface area contributed by atoms with Gasteiger partial charge in [-0.1, -0.05) is 56.3 Å². The van der Waals surface area contributed by atoms with Crippen LogP contribution in [0.25, 0.3) is 27.7 Å². The lowest BCUT2D eigenvalue weighted by atomic mass is 9.68. The molecule has 1 aliphatic heterocycles. The molecule has 6 heteroatoms. The van der Waals surface area contributed by atoms with Gasteiger partial charge in [-0.05, 0) is 46.4 Å². The predicted octanol–water partition coefficient (Wildman–Crippen LogP) is 7.32. The molecular weight excluding hydrogens is 440 g/mol. The molecule has 6 nitrogen and oxygen atoms in total. The maximum absolute atomic E-state index is 13.6. The van der Waals surface area contributed by atoms with Crippen LogP contribution in [0.4, 0.5) is 11.4 Å². The van der Waals surface area contributed by atoms with Gasteiger partial charge in [0, 0.05) is 40.9 Å². The second kappa shape index (κ2) is 7.67. The van der Waals surface area contributed by atoms with Crippen LogP contribution in [0.2, 0.25) is 0 Å². The highest BCUT2D eigenvalue weighted by Gasteiger charge is 2.41. The average molecular weight is 465 g/mol. The Hall–Kier alpha value is -4.19. The number of hydrogen-bond donors (Lipinski definition) is 1. The number of nitro benzene ring substituents is 1. The topological polar surface area (TPSA) is 85.4 Å². The van der Waals surface area contributed by atoms with E-state index in [1.54, 1.807) is 12.1 Å². The quantitative estimate of drug-likeness (QED) is 0.254. The Morgan fingerprint density at radius 2 is 1.83 bits per heavy atom. The van der Waals surface area contributed by atoms with Crippen molar-refractivity contribution < 1.29 is 14.1 Å². The molecule has 0 bridgehead atoms. The largest absolute Gasteiger partial charge is 0.459 e. The summed E-state index contributed by atoms with van der Waals surface area (Å²) in [4.78, 5) is 24.4. The summed E-state index contributed by atoms with van der Waals surface area (Å²) in [6.45, 7) is 4.25. The van der Waals surface area contributed by atoms with E-state index in [-0.39, 0.29) is 22.9 Å². The molecule has 0 radical (unpaired) electrons. The first-order valence-electron chi connectivity index (χ1n) is 11.7. The fourth-order valence-corrected chi connectivity index (χ4v) is 5.50. The van der Waals surface area contributed by atoms with Gasteiger partial charge >= 0.3 is 0 Å². The Morgan fingerprint density at radius 3 is 2.66 bits per heavy atom. The van der Waals surface area contributed by atoms with Crippen molar-refractivity contribution in [3.8, 4) is 11.3 Å². The van der Waals surface area contributed by atoms with E-state index in [1.807, 2.05) is 30.3 Å². The Bertz CT molecular complexity index is 1560. The summed E-state index contributed by atoms with van der Waals surface area (Å²) in [6.07, 6.45) is 1.26. The van der Waals surface area contributed by atoms with Gasteiger partial charge in [0.15, 0.2) is 5.78 Å². The standard InChI is InChI=1S/C29H24N2O4/c1-29(2)15-21-27(23(32)16-29)26-20-9-4-3-6-17(20)10-11-22(26)30-28(21)25-13-12-24(35-25)18-7-5-8-19(14-18)31(33)34/h3-14,28,30H,15-16H2,1-2H3/t28-/m0/s1. The van der Waals surface area contributed by atoms with Crippen molar-refractivity contribution in [1.82, 2.24) is 0 Å². The first kappa shape index (κ1) is 21.4. The molecule has 0 unspecified atom stereocenters. The number of fused-ring (bicyclic) bond motifs is 4. The molecule has 0 fully saturated rings. The molecule has 1 aliphatic carbocycles. The number of anilines is 1. The number of carbonyl (C=O) groups excluding carboxylic acids is 1. The number of benzene rings is 3. The maximum Gasteiger partial charge on any atom is 0.270 e. The smallest absolute Gasteiger partial charge is 0.270 e. The van der Waals surface area contributed by atoms with Gasteiger partial charge in [-0.25, -0.2) is 0 Å². The van der Waals surface area contributed by atoms with Gasteiger partial charge in [-0.2, -0.15) is 0 Å². The molecule has 0 spiro atoms. The number of nitro groups is 1. The third-order valence-electron chi connectivity index (χ3n) is 6.99. The summed E-state index contributed by atoms with van der Waals surface area (Å²) in [5, 5.41) is 17.0. The Kier molecular flexibility index (Phi) is 4.68. The molecule has 35 heavy (non-hydrogen) atoms. The molecule has 2 aliphatic rings. The van der Waals surface area contributed by atoms with Crippen molar-refractivity contribution in [2.75, 3.05) is 5.32 Å². The molecule has 4 aromatic rings. The number of ketones is 1. The number of non-ortho nitro benzene ring substituents is 1. The summed E-state index contributed by atoms with van der Waals surface area (Å²) >= 11 is 0. The second-order valence-electron chi connectivity index (χ2n) is 10.1. The van der Waals surface area contributed by atoms with E-state index in [1.165, 1.54) is 12.1 Å². The van der Waals surface area contributed by atoms with E-state index in [9.17, 15) is 14.9 Å². The summed E-state index contributed by atoms with van der Waals surface area (Å²) in [7, 11) is 0. The van der Waals surface area contributed by atoms with E-state index in [2.05, 4.69) is 37.4 Å². The molecule has 0 saturated heterocycles. The first-order valence-corrected chi connectivity index (χ1v) is 11.7. The van der Waals surface area contributed by atoms with Crippen LogP contribution in [0.15, 0.2) is 82.8 Å². The summed E-state index contributed by atoms with van der Waals surface area (Å²) in [6, 6.07) is 22.1. The predicted molar refractivity (Wildman–Crippen MR) is 136 cm³/mol. The lowest BCUT2D eigenvalue weighted by molar-refractivity contribution is -0.384.